The van der Waals surface area contributed by atoms with Crippen molar-refractivity contribution >= 4 is 0 Å². The Bertz CT molecular complexity index is 1480. The third-order valence-electron chi connectivity index (χ3n) is 6.49. The summed E-state index contributed by atoms with van der Waals surface area (Å²) in [6.45, 7) is 2.38. The average molecular weight is 488 g/mol. The number of hydrogen-bond acceptors (Lipinski definition) is 8. The van der Waals surface area contributed by atoms with E-state index < -0.39 is 5.92 Å². The standard InChI is InChI=1S/C27H25N3O6/c1-15-10-23-25(27(31)30(15)9-8-16-4-6-19(32-2)21(11-16)33-3)24(18(13-28)26(29)36-23)17-5-7-20-22(12-17)35-14-34-20/h4-7,10-12,24H,8-9,14,29H2,1-3H3/t24-/m1/s1. The Morgan fingerprint density at radius 2 is 1.83 bits per heavy atom. The van der Waals surface area contributed by atoms with Gasteiger partial charge in [0.15, 0.2) is 23.0 Å². The number of aryl methyl sites for hydroxylation is 2. The highest BCUT2D eigenvalue weighted by Crippen LogP contribution is 2.43. The summed E-state index contributed by atoms with van der Waals surface area (Å²) < 4.78 is 29.1. The van der Waals surface area contributed by atoms with E-state index in [2.05, 4.69) is 6.07 Å². The number of nitriles is 1. The first-order valence-corrected chi connectivity index (χ1v) is 11.4. The zero-order valence-corrected chi connectivity index (χ0v) is 20.2. The lowest BCUT2D eigenvalue weighted by Gasteiger charge is -2.27. The molecule has 2 aliphatic heterocycles. The molecular formula is C27H25N3O6. The largest absolute Gasteiger partial charge is 0.493 e. The van der Waals surface area contributed by atoms with Crippen LogP contribution in [0.25, 0.3) is 0 Å². The number of hydrogen-bond donors (Lipinski definition) is 1. The quantitative estimate of drug-likeness (QED) is 0.562. The van der Waals surface area contributed by atoms with Crippen molar-refractivity contribution in [1.29, 1.82) is 5.26 Å². The molecule has 0 bridgehead atoms. The van der Waals surface area contributed by atoms with E-state index in [1.165, 1.54) is 0 Å². The number of methoxy groups -OCH3 is 2. The van der Waals surface area contributed by atoms with Crippen molar-refractivity contribution < 1.29 is 23.7 Å². The summed E-state index contributed by atoms with van der Waals surface area (Å²) >= 11 is 0. The first kappa shape index (κ1) is 23.2. The van der Waals surface area contributed by atoms with Gasteiger partial charge in [0.2, 0.25) is 12.7 Å². The normalized spacial score (nSPS) is 15.7. The number of benzene rings is 2. The van der Waals surface area contributed by atoms with E-state index in [9.17, 15) is 10.1 Å². The molecule has 0 unspecified atom stereocenters. The van der Waals surface area contributed by atoms with Crippen molar-refractivity contribution in [2.75, 3.05) is 21.0 Å². The molecule has 3 aromatic rings. The number of nitrogens with zero attached hydrogens (tertiary/aromatic N) is 2. The number of ether oxygens (including phenoxy) is 5. The van der Waals surface area contributed by atoms with Crippen LogP contribution in [0.2, 0.25) is 0 Å². The molecule has 9 nitrogen and oxygen atoms in total. The van der Waals surface area contributed by atoms with Crippen LogP contribution in [0, 0.1) is 18.3 Å². The Balaban J connectivity index is 1.56. The summed E-state index contributed by atoms with van der Waals surface area (Å²) in [7, 11) is 3.17. The molecule has 0 amide bonds. The highest BCUT2D eigenvalue weighted by Gasteiger charge is 2.35. The minimum Gasteiger partial charge on any atom is -0.493 e. The van der Waals surface area contributed by atoms with E-state index in [1.54, 1.807) is 37.0 Å². The summed E-state index contributed by atoms with van der Waals surface area (Å²) in [5, 5.41) is 9.92. The van der Waals surface area contributed by atoms with Crippen molar-refractivity contribution in [3.05, 3.63) is 86.7 Å². The zero-order chi connectivity index (χ0) is 25.4. The monoisotopic (exact) mass is 487 g/mol. The lowest BCUT2D eigenvalue weighted by molar-refractivity contribution is 0.174. The summed E-state index contributed by atoms with van der Waals surface area (Å²) in [5.41, 5.74) is 8.81. The molecule has 0 saturated carbocycles. The van der Waals surface area contributed by atoms with Gasteiger partial charge in [0.1, 0.15) is 17.4 Å². The van der Waals surface area contributed by atoms with Crippen LogP contribution in [0.5, 0.6) is 28.7 Å². The fraction of sp³-hybridized carbons (Fsp3) is 0.259. The molecule has 3 heterocycles. The van der Waals surface area contributed by atoms with Gasteiger partial charge in [-0.3, -0.25) is 4.79 Å². The van der Waals surface area contributed by atoms with Crippen LogP contribution in [0.15, 0.2) is 58.7 Å². The smallest absolute Gasteiger partial charge is 0.258 e. The number of nitrogens with two attached hydrogens (primary N) is 1. The lowest BCUT2D eigenvalue weighted by atomic mass is 9.84. The van der Waals surface area contributed by atoms with E-state index in [0.717, 1.165) is 11.3 Å². The van der Waals surface area contributed by atoms with Crippen LogP contribution in [0.3, 0.4) is 0 Å². The number of pyridine rings is 1. The summed E-state index contributed by atoms with van der Waals surface area (Å²) in [6.07, 6.45) is 0.582. The lowest BCUT2D eigenvalue weighted by Crippen LogP contribution is -2.33. The van der Waals surface area contributed by atoms with Crippen molar-refractivity contribution in [1.82, 2.24) is 4.57 Å². The average Bonchev–Trinajstić information content (AvgIpc) is 3.35. The van der Waals surface area contributed by atoms with Crippen molar-refractivity contribution in [2.24, 2.45) is 5.73 Å². The maximum Gasteiger partial charge on any atom is 0.258 e. The summed E-state index contributed by atoms with van der Waals surface area (Å²) in [4.78, 5) is 13.9. The molecule has 0 spiro atoms. The molecular weight excluding hydrogens is 462 g/mol. The Kier molecular flexibility index (Phi) is 5.94. The molecule has 0 aliphatic carbocycles. The molecule has 0 radical (unpaired) electrons. The van der Waals surface area contributed by atoms with Gasteiger partial charge < -0.3 is 34.0 Å². The van der Waals surface area contributed by atoms with Crippen molar-refractivity contribution in [3.8, 4) is 34.8 Å². The van der Waals surface area contributed by atoms with E-state index in [0.29, 0.717) is 52.8 Å². The van der Waals surface area contributed by atoms with Gasteiger partial charge in [-0.2, -0.15) is 5.26 Å². The molecule has 36 heavy (non-hydrogen) atoms. The number of fused-ring (bicyclic) bond motifs is 2. The van der Waals surface area contributed by atoms with Gasteiger partial charge in [0.25, 0.3) is 5.56 Å². The first-order chi connectivity index (χ1) is 17.4. The van der Waals surface area contributed by atoms with Crippen molar-refractivity contribution in [3.63, 3.8) is 0 Å². The fourth-order valence-electron chi connectivity index (χ4n) is 4.67. The fourth-order valence-corrected chi connectivity index (χ4v) is 4.67. The van der Waals surface area contributed by atoms with E-state index in [-0.39, 0.29) is 23.8 Å². The third kappa shape index (κ3) is 3.86. The second kappa shape index (κ2) is 9.23. The van der Waals surface area contributed by atoms with Crippen molar-refractivity contribution in [2.45, 2.75) is 25.8 Å². The topological polar surface area (TPSA) is 118 Å². The predicted octanol–water partition coefficient (Wildman–Crippen LogP) is 3.36. The molecule has 2 aliphatic rings. The number of allylic oxidation sites excluding steroid dienone is 1. The van der Waals surface area contributed by atoms with Crippen LogP contribution in [0.4, 0.5) is 0 Å². The maximum atomic E-state index is 13.9. The molecule has 0 fully saturated rings. The molecule has 1 aromatic heterocycles. The van der Waals surface area contributed by atoms with Gasteiger partial charge in [-0.25, -0.2) is 0 Å². The Hall–Kier alpha value is -4.58. The molecule has 5 rings (SSSR count). The van der Waals surface area contributed by atoms with E-state index in [4.69, 9.17) is 29.4 Å². The van der Waals surface area contributed by atoms with Crippen LogP contribution in [-0.2, 0) is 13.0 Å². The third-order valence-corrected chi connectivity index (χ3v) is 6.49. The molecule has 9 heteroatoms. The minimum absolute atomic E-state index is 0.0189. The minimum atomic E-state index is -0.700. The van der Waals surface area contributed by atoms with Crippen LogP contribution in [0.1, 0.15) is 28.3 Å². The summed E-state index contributed by atoms with van der Waals surface area (Å²) in [5.74, 6) is 2.05. The van der Waals surface area contributed by atoms with Gasteiger partial charge >= 0.3 is 0 Å². The zero-order valence-electron chi connectivity index (χ0n) is 20.2. The molecule has 0 saturated heterocycles. The predicted molar refractivity (Wildman–Crippen MR) is 131 cm³/mol. The molecule has 184 valence electrons. The Morgan fingerprint density at radius 1 is 1.06 bits per heavy atom. The number of aromatic nitrogens is 1. The van der Waals surface area contributed by atoms with Crippen LogP contribution in [-0.4, -0.2) is 25.6 Å². The van der Waals surface area contributed by atoms with E-state index >= 15 is 0 Å². The van der Waals surface area contributed by atoms with Gasteiger partial charge in [-0.05, 0) is 48.7 Å². The van der Waals surface area contributed by atoms with Crippen LogP contribution >= 0.6 is 0 Å². The maximum absolute atomic E-state index is 13.9. The van der Waals surface area contributed by atoms with Gasteiger partial charge in [0.05, 0.1) is 25.7 Å². The SMILES string of the molecule is COc1ccc(CCn2c(C)cc3c(c2=O)[C@H](c2ccc4c(c2)OCO4)C(C#N)=C(N)O3)cc1OC. The second-order valence-electron chi connectivity index (χ2n) is 8.50. The number of rotatable bonds is 6. The van der Waals surface area contributed by atoms with Gasteiger partial charge in [-0.1, -0.05) is 12.1 Å². The van der Waals surface area contributed by atoms with Gasteiger partial charge in [-0.15, -0.1) is 0 Å². The Labute approximate surface area is 207 Å². The van der Waals surface area contributed by atoms with Gasteiger partial charge in [0, 0.05) is 18.3 Å². The highest BCUT2D eigenvalue weighted by molar-refractivity contribution is 5.58. The molecule has 1 atom stereocenters. The second-order valence-corrected chi connectivity index (χ2v) is 8.50. The van der Waals surface area contributed by atoms with Crippen LogP contribution < -0.4 is 35.0 Å². The Morgan fingerprint density at radius 3 is 2.58 bits per heavy atom. The summed E-state index contributed by atoms with van der Waals surface area (Å²) in [6, 6.07) is 15.0. The first-order valence-electron chi connectivity index (χ1n) is 11.4. The van der Waals surface area contributed by atoms with E-state index in [1.807, 2.05) is 31.2 Å². The highest BCUT2D eigenvalue weighted by atomic mass is 16.7. The molecule has 2 aromatic carbocycles. The molecule has 2 N–H and O–H groups in total.